The molecule has 8 heteroatoms. The summed E-state index contributed by atoms with van der Waals surface area (Å²) < 4.78 is 32.9. The third-order valence-corrected chi connectivity index (χ3v) is 6.27. The van der Waals surface area contributed by atoms with Gasteiger partial charge in [-0.25, -0.2) is 9.37 Å². The molecule has 4 aromatic carbocycles. The van der Waals surface area contributed by atoms with Gasteiger partial charge in [-0.05, 0) is 42.5 Å². The van der Waals surface area contributed by atoms with Gasteiger partial charge in [-0.2, -0.15) is 9.78 Å². The Morgan fingerprint density at radius 1 is 0.974 bits per heavy atom. The molecule has 0 fully saturated rings. The first-order valence-electron chi connectivity index (χ1n) is 12.2. The van der Waals surface area contributed by atoms with Crippen LogP contribution < -0.4 is 15.0 Å². The molecule has 0 radical (unpaired) electrons. The Morgan fingerprint density at radius 3 is 2.62 bits per heavy atom. The molecule has 6 rings (SSSR count). The minimum Gasteiger partial charge on any atom is -0.493 e. The van der Waals surface area contributed by atoms with Crippen LogP contribution in [0.25, 0.3) is 33.5 Å². The summed E-state index contributed by atoms with van der Waals surface area (Å²) in [6, 6.07) is 28.1. The van der Waals surface area contributed by atoms with E-state index < -0.39 is 0 Å². The number of methoxy groups -OCH3 is 1. The molecule has 192 valence electrons. The zero-order valence-corrected chi connectivity index (χ0v) is 20.9. The Balaban J connectivity index is 1.46. The van der Waals surface area contributed by atoms with E-state index >= 15 is 0 Å². The lowest BCUT2D eigenvalue weighted by molar-refractivity contribution is 0.279. The van der Waals surface area contributed by atoms with Crippen LogP contribution in [0.2, 0.25) is 0 Å². The summed E-state index contributed by atoms with van der Waals surface area (Å²) in [6.07, 6.45) is 1.49. The zero-order chi connectivity index (χ0) is 26.8. The number of para-hydroxylation sites is 3. The molecule has 0 aliphatic heterocycles. The normalized spacial score (nSPS) is 11.4. The van der Waals surface area contributed by atoms with Gasteiger partial charge in [-0.3, -0.25) is 4.79 Å². The second-order valence-electron chi connectivity index (χ2n) is 8.72. The Hall–Kier alpha value is -5.24. The molecular formula is C31H22FN3O4. The second kappa shape index (κ2) is 10.3. The van der Waals surface area contributed by atoms with Crippen molar-refractivity contribution in [1.29, 1.82) is 0 Å². The number of aromatic nitrogens is 2. The highest BCUT2D eigenvalue weighted by atomic mass is 19.1. The van der Waals surface area contributed by atoms with Crippen LogP contribution in [-0.4, -0.2) is 23.0 Å². The molecule has 2 aromatic heterocycles. The van der Waals surface area contributed by atoms with Gasteiger partial charge in [0, 0.05) is 16.5 Å². The Kier molecular flexibility index (Phi) is 6.34. The summed E-state index contributed by atoms with van der Waals surface area (Å²) in [6.45, 7) is -0.0183. The molecule has 0 bridgehead atoms. The zero-order valence-electron chi connectivity index (χ0n) is 20.9. The number of hydrogen-bond acceptors (Lipinski definition) is 6. The van der Waals surface area contributed by atoms with Crippen molar-refractivity contribution >= 4 is 28.1 Å². The van der Waals surface area contributed by atoms with Crippen LogP contribution in [0.1, 0.15) is 11.1 Å². The topological polar surface area (TPSA) is 78.9 Å². The fourth-order valence-electron chi connectivity index (χ4n) is 4.32. The van der Waals surface area contributed by atoms with Gasteiger partial charge < -0.3 is 13.9 Å². The standard InChI is InChI=1S/C31H22FN3O4/c1-37-27-16-8-11-21(29(27)38-19-22-10-2-5-13-24(22)32)18-33-35-30(28-17-20-9-3-7-15-26(20)39-28)34-25-14-6-4-12-23(25)31(35)36/h2-18H,19H2,1H3. The number of benzene rings is 4. The van der Waals surface area contributed by atoms with E-state index in [1.165, 1.54) is 24.1 Å². The first-order valence-corrected chi connectivity index (χ1v) is 12.2. The number of furan rings is 1. The lowest BCUT2D eigenvalue weighted by Crippen LogP contribution is -2.20. The average molecular weight is 520 g/mol. The third-order valence-electron chi connectivity index (χ3n) is 6.27. The fraction of sp³-hybridized carbons (Fsp3) is 0.0645. The number of nitrogens with zero attached hydrogens (tertiary/aromatic N) is 3. The quantitative estimate of drug-likeness (QED) is 0.228. The molecule has 0 atom stereocenters. The molecule has 0 N–H and O–H groups in total. The monoisotopic (exact) mass is 519 g/mol. The van der Waals surface area contributed by atoms with Crippen molar-refractivity contribution < 1.29 is 18.3 Å². The predicted molar refractivity (Wildman–Crippen MR) is 148 cm³/mol. The molecule has 0 unspecified atom stereocenters. The third kappa shape index (κ3) is 4.64. The fourth-order valence-corrected chi connectivity index (χ4v) is 4.32. The van der Waals surface area contributed by atoms with Crippen LogP contribution >= 0.6 is 0 Å². The van der Waals surface area contributed by atoms with Crippen LogP contribution in [0.5, 0.6) is 11.5 Å². The van der Waals surface area contributed by atoms with Gasteiger partial charge >= 0.3 is 0 Å². The van der Waals surface area contributed by atoms with Gasteiger partial charge in [0.05, 0.1) is 24.2 Å². The molecule has 0 aliphatic rings. The van der Waals surface area contributed by atoms with E-state index in [2.05, 4.69) is 5.10 Å². The first-order chi connectivity index (χ1) is 19.1. The number of ether oxygens (including phenoxy) is 2. The van der Waals surface area contributed by atoms with Gasteiger partial charge in [-0.15, -0.1) is 0 Å². The Morgan fingerprint density at radius 2 is 1.77 bits per heavy atom. The molecule has 39 heavy (non-hydrogen) atoms. The van der Waals surface area contributed by atoms with E-state index in [0.29, 0.717) is 44.9 Å². The molecule has 0 spiro atoms. The van der Waals surface area contributed by atoms with E-state index in [9.17, 15) is 9.18 Å². The van der Waals surface area contributed by atoms with E-state index in [4.69, 9.17) is 18.9 Å². The predicted octanol–water partition coefficient (Wildman–Crippen LogP) is 6.42. The smallest absolute Gasteiger partial charge is 0.282 e. The maximum Gasteiger partial charge on any atom is 0.282 e. The lowest BCUT2D eigenvalue weighted by Gasteiger charge is -2.14. The molecule has 6 aromatic rings. The summed E-state index contributed by atoms with van der Waals surface area (Å²) in [4.78, 5) is 18.3. The van der Waals surface area contributed by atoms with Crippen LogP contribution in [0.15, 0.2) is 111 Å². The molecule has 0 amide bonds. The molecule has 7 nitrogen and oxygen atoms in total. The van der Waals surface area contributed by atoms with Crippen molar-refractivity contribution in [1.82, 2.24) is 9.66 Å². The summed E-state index contributed by atoms with van der Waals surface area (Å²) >= 11 is 0. The van der Waals surface area contributed by atoms with Crippen LogP contribution in [0, 0.1) is 5.82 Å². The van der Waals surface area contributed by atoms with Crippen LogP contribution in [-0.2, 0) is 6.61 Å². The SMILES string of the molecule is COc1cccc(C=Nn2c(-c3cc4ccccc4o3)nc3ccccc3c2=O)c1OCc1ccccc1F. The summed E-state index contributed by atoms with van der Waals surface area (Å²) in [7, 11) is 1.52. The first kappa shape index (κ1) is 24.1. The van der Waals surface area contributed by atoms with Crippen molar-refractivity contribution in [3.63, 3.8) is 0 Å². The molecule has 0 saturated carbocycles. The van der Waals surface area contributed by atoms with Crippen molar-refractivity contribution in [2.45, 2.75) is 6.61 Å². The van der Waals surface area contributed by atoms with Gasteiger partial charge in [0.2, 0.25) is 5.82 Å². The molecule has 0 saturated heterocycles. The van der Waals surface area contributed by atoms with E-state index in [1.807, 2.05) is 36.4 Å². The van der Waals surface area contributed by atoms with Gasteiger partial charge in [-0.1, -0.05) is 54.6 Å². The van der Waals surface area contributed by atoms with Gasteiger partial charge in [0.25, 0.3) is 5.56 Å². The summed E-state index contributed by atoms with van der Waals surface area (Å²) in [5, 5.41) is 5.82. The largest absolute Gasteiger partial charge is 0.493 e. The number of halogens is 1. The number of rotatable bonds is 7. The van der Waals surface area contributed by atoms with Crippen molar-refractivity contribution in [3.05, 3.63) is 124 Å². The van der Waals surface area contributed by atoms with Crippen molar-refractivity contribution in [2.24, 2.45) is 5.10 Å². The molecule has 0 aliphatic carbocycles. The maximum absolute atomic E-state index is 14.2. The molecular weight excluding hydrogens is 497 g/mol. The number of hydrogen-bond donors (Lipinski definition) is 0. The van der Waals surface area contributed by atoms with Crippen molar-refractivity contribution in [2.75, 3.05) is 7.11 Å². The van der Waals surface area contributed by atoms with Crippen LogP contribution in [0.4, 0.5) is 4.39 Å². The Labute approximate surface area is 222 Å². The Bertz CT molecular complexity index is 1880. The van der Waals surface area contributed by atoms with Gasteiger partial charge in [0.1, 0.15) is 18.0 Å². The highest BCUT2D eigenvalue weighted by Crippen LogP contribution is 2.32. The number of fused-ring (bicyclic) bond motifs is 2. The minimum atomic E-state index is -0.369. The maximum atomic E-state index is 14.2. The molecule has 2 heterocycles. The van der Waals surface area contributed by atoms with Crippen molar-refractivity contribution in [3.8, 4) is 23.1 Å². The second-order valence-corrected chi connectivity index (χ2v) is 8.72. The van der Waals surface area contributed by atoms with Gasteiger partial charge in [0.15, 0.2) is 17.3 Å². The highest BCUT2D eigenvalue weighted by molar-refractivity contribution is 5.86. The minimum absolute atomic E-state index is 0.0183. The highest BCUT2D eigenvalue weighted by Gasteiger charge is 2.17. The average Bonchev–Trinajstić information content (AvgIpc) is 3.40. The van der Waals surface area contributed by atoms with E-state index in [1.54, 1.807) is 54.6 Å². The summed E-state index contributed by atoms with van der Waals surface area (Å²) in [5.41, 5.74) is 1.76. The van der Waals surface area contributed by atoms with E-state index in [-0.39, 0.29) is 23.8 Å². The lowest BCUT2D eigenvalue weighted by atomic mass is 10.2. The summed E-state index contributed by atoms with van der Waals surface area (Å²) in [5.74, 6) is 1.09. The van der Waals surface area contributed by atoms with E-state index in [0.717, 1.165) is 5.39 Å². The van der Waals surface area contributed by atoms with Crippen LogP contribution in [0.3, 0.4) is 0 Å².